The van der Waals surface area contributed by atoms with Gasteiger partial charge in [-0.3, -0.25) is 0 Å². The van der Waals surface area contributed by atoms with Gasteiger partial charge < -0.3 is 29.9 Å². The van der Waals surface area contributed by atoms with Gasteiger partial charge in [-0.1, -0.05) is 0 Å². The number of ether oxygens (including phenoxy) is 2. The van der Waals surface area contributed by atoms with E-state index in [1.165, 1.54) is 16.8 Å². The Hall–Kier alpha value is -2.58. The van der Waals surface area contributed by atoms with E-state index in [4.69, 9.17) is 19.7 Å². The van der Waals surface area contributed by atoms with E-state index < -0.39 is 11.9 Å². The lowest BCUT2D eigenvalue weighted by Gasteiger charge is -2.32. The number of nitrogens with zero attached hydrogens (tertiary/aromatic N) is 1. The zero-order chi connectivity index (χ0) is 20.4. The van der Waals surface area contributed by atoms with Crippen molar-refractivity contribution in [3.8, 4) is 5.75 Å². The van der Waals surface area contributed by atoms with Crippen LogP contribution in [-0.2, 0) is 27.2 Å². The number of hydrogen-bond acceptors (Lipinski definition) is 6. The van der Waals surface area contributed by atoms with Gasteiger partial charge in [-0.2, -0.15) is 0 Å². The lowest BCUT2D eigenvalue weighted by atomic mass is 10.0. The summed E-state index contributed by atoms with van der Waals surface area (Å²) in [6.07, 6.45) is 3.33. The third kappa shape index (κ3) is 6.86. The molecule has 2 aliphatic heterocycles. The van der Waals surface area contributed by atoms with E-state index in [0.29, 0.717) is 12.2 Å². The van der Waals surface area contributed by atoms with Crippen LogP contribution in [0.3, 0.4) is 0 Å². The van der Waals surface area contributed by atoms with Crippen LogP contribution in [0.5, 0.6) is 5.75 Å². The van der Waals surface area contributed by atoms with Crippen molar-refractivity contribution in [1.82, 2.24) is 5.32 Å². The second kappa shape index (κ2) is 11.3. The van der Waals surface area contributed by atoms with Crippen LogP contribution >= 0.6 is 0 Å². The van der Waals surface area contributed by atoms with Crippen molar-refractivity contribution >= 4 is 17.6 Å². The number of benzene rings is 1. The summed E-state index contributed by atoms with van der Waals surface area (Å²) in [5.74, 6) is -1.46. The molecule has 2 heterocycles. The monoisotopic (exact) mass is 392 g/mol. The average Bonchev–Trinajstić information content (AvgIpc) is 2.90. The van der Waals surface area contributed by atoms with Gasteiger partial charge in [-0.05, 0) is 56.1 Å². The zero-order valence-electron chi connectivity index (χ0n) is 16.1. The molecule has 0 fully saturated rings. The fourth-order valence-electron chi connectivity index (χ4n) is 3.13. The Labute approximate surface area is 164 Å². The molecule has 3 N–H and O–H groups in total. The van der Waals surface area contributed by atoms with Crippen molar-refractivity contribution in [2.24, 2.45) is 0 Å². The van der Waals surface area contributed by atoms with Gasteiger partial charge in [0.25, 0.3) is 0 Å². The maximum absolute atomic E-state index is 9.55. The van der Waals surface area contributed by atoms with Gasteiger partial charge in [0.05, 0.1) is 18.8 Å². The summed E-state index contributed by atoms with van der Waals surface area (Å²) in [5.41, 5.74) is 4.16. The molecule has 0 spiro atoms. The lowest BCUT2D eigenvalue weighted by molar-refractivity contribution is -0.134. The topological polar surface area (TPSA) is 108 Å². The third-order valence-corrected chi connectivity index (χ3v) is 4.46. The van der Waals surface area contributed by atoms with Crippen LogP contribution in [-0.4, -0.2) is 68.2 Å². The predicted octanol–water partition coefficient (Wildman–Crippen LogP) is 1.32. The minimum atomic E-state index is -1.26. The smallest absolute Gasteiger partial charge is 0.328 e. The highest BCUT2D eigenvalue weighted by atomic mass is 16.5. The van der Waals surface area contributed by atoms with E-state index in [9.17, 15) is 9.59 Å². The Bertz CT molecular complexity index is 688. The molecule has 0 saturated heterocycles. The van der Waals surface area contributed by atoms with Crippen LogP contribution in [0.4, 0.5) is 5.69 Å². The summed E-state index contributed by atoms with van der Waals surface area (Å²) in [5, 5.41) is 19.1. The molecular weight excluding hydrogens is 364 g/mol. The van der Waals surface area contributed by atoms with Crippen LogP contribution in [0.15, 0.2) is 24.3 Å². The van der Waals surface area contributed by atoms with E-state index in [-0.39, 0.29) is 0 Å². The van der Waals surface area contributed by atoms with Gasteiger partial charge in [-0.15, -0.1) is 0 Å². The average molecular weight is 392 g/mol. The van der Waals surface area contributed by atoms with Gasteiger partial charge in [0.2, 0.25) is 0 Å². The number of hydrogen-bond donors (Lipinski definition) is 3. The predicted molar refractivity (Wildman–Crippen MR) is 105 cm³/mol. The van der Waals surface area contributed by atoms with Crippen molar-refractivity contribution in [2.45, 2.75) is 19.8 Å². The standard InChI is InChI=1S/C16H24N2O2.C4H4O4/c1-2-19-9-7-18-8-10-20-16-12-14-4-6-17-5-3-13(14)11-15(16)18;5-3(6)1-2-4(7)8/h11-12,17H,2-10H2,1H3;1-2H,(H,5,6)(H,7,8)/b;2-1+. The number of nitrogens with one attached hydrogen (secondary N) is 1. The summed E-state index contributed by atoms with van der Waals surface area (Å²) >= 11 is 0. The molecule has 1 aromatic carbocycles. The Morgan fingerprint density at radius 2 is 1.82 bits per heavy atom. The van der Waals surface area contributed by atoms with E-state index >= 15 is 0 Å². The second-order valence-corrected chi connectivity index (χ2v) is 6.38. The summed E-state index contributed by atoms with van der Waals surface area (Å²) in [6.45, 7) is 8.43. The first kappa shape index (κ1) is 21.7. The van der Waals surface area contributed by atoms with Gasteiger partial charge in [0.1, 0.15) is 12.4 Å². The molecule has 0 aromatic heterocycles. The molecule has 0 radical (unpaired) electrons. The molecular formula is C20H28N2O6. The number of carboxylic acid groups (broad SMARTS) is 2. The van der Waals surface area contributed by atoms with Crippen LogP contribution in [0.25, 0.3) is 0 Å². The van der Waals surface area contributed by atoms with Crippen LogP contribution in [0, 0.1) is 0 Å². The van der Waals surface area contributed by atoms with E-state index in [1.54, 1.807) is 0 Å². The first-order valence-electron chi connectivity index (χ1n) is 9.47. The van der Waals surface area contributed by atoms with Gasteiger partial charge >= 0.3 is 11.9 Å². The molecule has 0 atom stereocenters. The molecule has 0 bridgehead atoms. The van der Waals surface area contributed by atoms with Crippen molar-refractivity contribution < 1.29 is 29.3 Å². The molecule has 1 aromatic rings. The maximum atomic E-state index is 9.55. The van der Waals surface area contributed by atoms with Crippen LogP contribution in [0.1, 0.15) is 18.1 Å². The number of aliphatic carboxylic acids is 2. The number of fused-ring (bicyclic) bond motifs is 2. The Balaban J connectivity index is 0.000000300. The minimum Gasteiger partial charge on any atom is -0.490 e. The minimum absolute atomic E-state index is 0.558. The largest absolute Gasteiger partial charge is 0.490 e. The third-order valence-electron chi connectivity index (χ3n) is 4.46. The number of anilines is 1. The van der Waals surface area contributed by atoms with E-state index in [2.05, 4.69) is 22.3 Å². The summed E-state index contributed by atoms with van der Waals surface area (Å²) in [7, 11) is 0. The molecule has 28 heavy (non-hydrogen) atoms. The van der Waals surface area contributed by atoms with Crippen molar-refractivity contribution in [1.29, 1.82) is 0 Å². The number of carbonyl (C=O) groups is 2. The first-order chi connectivity index (χ1) is 13.5. The molecule has 154 valence electrons. The van der Waals surface area contributed by atoms with Crippen molar-refractivity contribution in [2.75, 3.05) is 50.9 Å². The molecule has 8 nitrogen and oxygen atoms in total. The normalized spacial score (nSPS) is 15.5. The molecule has 3 rings (SSSR count). The van der Waals surface area contributed by atoms with E-state index in [0.717, 1.165) is 64.6 Å². The Kier molecular flexibility index (Phi) is 8.77. The molecule has 0 amide bonds. The quantitative estimate of drug-likeness (QED) is 0.491. The summed E-state index contributed by atoms with van der Waals surface area (Å²) in [6, 6.07) is 4.59. The van der Waals surface area contributed by atoms with Crippen LogP contribution < -0.4 is 15.0 Å². The number of rotatable bonds is 6. The lowest BCUT2D eigenvalue weighted by Crippen LogP contribution is -2.35. The Morgan fingerprint density at radius 3 is 2.43 bits per heavy atom. The van der Waals surface area contributed by atoms with Gasteiger partial charge in [-0.25, -0.2) is 9.59 Å². The highest BCUT2D eigenvalue weighted by Gasteiger charge is 2.21. The maximum Gasteiger partial charge on any atom is 0.328 e. The fourth-order valence-corrected chi connectivity index (χ4v) is 3.13. The second-order valence-electron chi connectivity index (χ2n) is 6.38. The highest BCUT2D eigenvalue weighted by Crippen LogP contribution is 2.35. The molecule has 8 heteroatoms. The summed E-state index contributed by atoms with van der Waals surface area (Å²) < 4.78 is 11.4. The molecule has 2 aliphatic rings. The van der Waals surface area contributed by atoms with Crippen molar-refractivity contribution in [3.63, 3.8) is 0 Å². The van der Waals surface area contributed by atoms with Gasteiger partial charge in [0.15, 0.2) is 0 Å². The molecule has 0 aliphatic carbocycles. The first-order valence-corrected chi connectivity index (χ1v) is 9.47. The summed E-state index contributed by atoms with van der Waals surface area (Å²) in [4.78, 5) is 21.5. The van der Waals surface area contributed by atoms with E-state index in [1.807, 2.05) is 6.92 Å². The van der Waals surface area contributed by atoms with Crippen molar-refractivity contribution in [3.05, 3.63) is 35.4 Å². The zero-order valence-corrected chi connectivity index (χ0v) is 16.1. The number of carboxylic acids is 2. The fraction of sp³-hybridized carbons (Fsp3) is 0.500. The molecule has 0 unspecified atom stereocenters. The SMILES string of the molecule is CCOCCN1CCOc2cc3c(cc21)CCNCC3.O=C(O)/C=C/C(=O)O. The van der Waals surface area contributed by atoms with Gasteiger partial charge in [0, 0.05) is 25.3 Å². The highest BCUT2D eigenvalue weighted by molar-refractivity contribution is 5.89. The van der Waals surface area contributed by atoms with Crippen LogP contribution in [0.2, 0.25) is 0 Å². The molecule has 0 saturated carbocycles. The Morgan fingerprint density at radius 1 is 1.18 bits per heavy atom.